The molecule has 0 aromatic heterocycles. The fraction of sp³-hybridized carbons (Fsp3) is 0.800. The summed E-state index contributed by atoms with van der Waals surface area (Å²) in [4.78, 5) is 5.14. The van der Waals surface area contributed by atoms with Gasteiger partial charge in [0.15, 0.2) is 0 Å². The molecule has 2 fully saturated rings. The lowest BCUT2D eigenvalue weighted by atomic mass is 10.0. The van der Waals surface area contributed by atoms with Crippen LogP contribution in [0.15, 0.2) is 23.5 Å². The maximum absolute atomic E-state index is 2.58. The molecule has 22 heavy (non-hydrogen) atoms. The van der Waals surface area contributed by atoms with Gasteiger partial charge in [-0.25, -0.2) is 0 Å². The summed E-state index contributed by atoms with van der Waals surface area (Å²) in [6.45, 7) is 5.30. The molecule has 0 N–H and O–H groups in total. The summed E-state index contributed by atoms with van der Waals surface area (Å²) >= 11 is 0. The molecule has 0 aromatic rings. The van der Waals surface area contributed by atoms with Crippen LogP contribution in [0.5, 0.6) is 0 Å². The van der Waals surface area contributed by atoms with Gasteiger partial charge in [0.25, 0.3) is 0 Å². The van der Waals surface area contributed by atoms with E-state index in [9.17, 15) is 0 Å². The van der Waals surface area contributed by atoms with Crippen LogP contribution in [0.4, 0.5) is 0 Å². The van der Waals surface area contributed by atoms with Gasteiger partial charge < -0.3 is 9.80 Å². The minimum atomic E-state index is 0. The van der Waals surface area contributed by atoms with Crippen molar-refractivity contribution in [2.75, 3.05) is 26.2 Å². The SMILES string of the molecule is C.C1=C(N2CCCC2)CCC1.C1=C(N2CCCC2)CCCC1. The molecule has 2 saturated heterocycles. The average molecular weight is 305 g/mol. The Morgan fingerprint density at radius 2 is 1.00 bits per heavy atom. The molecule has 0 amide bonds. The lowest BCUT2D eigenvalue weighted by molar-refractivity contribution is 0.392. The standard InChI is InChI=1S/C10H17N.C9H15N.CH4/c1-2-6-10(7-3-1)11-8-4-5-9-11;1-2-6-9(5-1)10-7-3-4-8-10;/h6H,1-5,7-9H2;5H,1-4,6-8H2;1H4. The Balaban J connectivity index is 0.000000154. The van der Waals surface area contributed by atoms with Crippen LogP contribution in [0, 0.1) is 0 Å². The predicted molar refractivity (Wildman–Crippen MR) is 96.8 cm³/mol. The minimum absolute atomic E-state index is 0. The third-order valence-corrected chi connectivity index (χ3v) is 5.31. The van der Waals surface area contributed by atoms with Crippen molar-refractivity contribution in [3.05, 3.63) is 23.5 Å². The largest absolute Gasteiger partial charge is 0.375 e. The summed E-state index contributed by atoms with van der Waals surface area (Å²) in [5.74, 6) is 0. The van der Waals surface area contributed by atoms with E-state index < -0.39 is 0 Å². The molecule has 0 spiro atoms. The molecule has 2 nitrogen and oxygen atoms in total. The number of allylic oxidation sites excluding steroid dienone is 4. The molecule has 0 bridgehead atoms. The van der Waals surface area contributed by atoms with Crippen LogP contribution in [0.3, 0.4) is 0 Å². The number of nitrogens with zero attached hydrogens (tertiary/aromatic N) is 2. The normalized spacial score (nSPS) is 24.4. The van der Waals surface area contributed by atoms with Crippen LogP contribution in [0.25, 0.3) is 0 Å². The van der Waals surface area contributed by atoms with Crippen LogP contribution in [-0.2, 0) is 0 Å². The minimum Gasteiger partial charge on any atom is -0.375 e. The first-order chi connectivity index (χ1) is 10.4. The second kappa shape index (κ2) is 9.27. The molecule has 2 aliphatic carbocycles. The maximum Gasteiger partial charge on any atom is 0.0175 e. The van der Waals surface area contributed by atoms with Crippen molar-refractivity contribution in [3.8, 4) is 0 Å². The third kappa shape index (κ3) is 4.79. The zero-order chi connectivity index (χ0) is 14.3. The fourth-order valence-corrected chi connectivity index (χ4v) is 4.06. The molecule has 0 atom stereocenters. The maximum atomic E-state index is 2.58. The molecule has 2 heterocycles. The number of likely N-dealkylation sites (tertiary alicyclic amines) is 2. The highest BCUT2D eigenvalue weighted by Crippen LogP contribution is 2.25. The molecular weight excluding hydrogens is 268 g/mol. The molecule has 0 aromatic carbocycles. The van der Waals surface area contributed by atoms with E-state index in [0.29, 0.717) is 0 Å². The Morgan fingerprint density at radius 3 is 1.41 bits per heavy atom. The highest BCUT2D eigenvalue weighted by molar-refractivity contribution is 5.07. The zero-order valence-corrected chi connectivity index (χ0v) is 13.7. The smallest absolute Gasteiger partial charge is 0.0175 e. The van der Waals surface area contributed by atoms with Crippen molar-refractivity contribution in [3.63, 3.8) is 0 Å². The van der Waals surface area contributed by atoms with Crippen LogP contribution >= 0.6 is 0 Å². The van der Waals surface area contributed by atoms with Crippen molar-refractivity contribution in [1.82, 2.24) is 9.80 Å². The summed E-state index contributed by atoms with van der Waals surface area (Å²) in [5, 5.41) is 0. The Labute approximate surface area is 138 Å². The van der Waals surface area contributed by atoms with E-state index in [0.717, 1.165) is 0 Å². The summed E-state index contributed by atoms with van der Waals surface area (Å²) in [7, 11) is 0. The summed E-state index contributed by atoms with van der Waals surface area (Å²) in [6.07, 6.45) is 20.1. The molecular formula is C20H36N2. The molecule has 2 heteroatoms. The Hall–Kier alpha value is -0.920. The van der Waals surface area contributed by atoms with Gasteiger partial charge in [-0.1, -0.05) is 19.6 Å². The van der Waals surface area contributed by atoms with Crippen molar-refractivity contribution < 1.29 is 0 Å². The summed E-state index contributed by atoms with van der Waals surface area (Å²) in [5.41, 5.74) is 3.28. The molecule has 0 saturated carbocycles. The van der Waals surface area contributed by atoms with E-state index in [-0.39, 0.29) is 7.43 Å². The third-order valence-electron chi connectivity index (χ3n) is 5.31. The van der Waals surface area contributed by atoms with Crippen LogP contribution < -0.4 is 0 Å². The van der Waals surface area contributed by atoms with Crippen LogP contribution in [-0.4, -0.2) is 36.0 Å². The molecule has 4 aliphatic rings. The number of hydrogen-bond donors (Lipinski definition) is 0. The van der Waals surface area contributed by atoms with E-state index in [1.165, 1.54) is 96.8 Å². The molecule has 4 rings (SSSR count). The van der Waals surface area contributed by atoms with Gasteiger partial charge in [0.2, 0.25) is 0 Å². The molecule has 126 valence electrons. The monoisotopic (exact) mass is 304 g/mol. The van der Waals surface area contributed by atoms with Crippen molar-refractivity contribution in [2.24, 2.45) is 0 Å². The second-order valence-corrected chi connectivity index (χ2v) is 6.92. The first-order valence-electron chi connectivity index (χ1n) is 9.31. The highest BCUT2D eigenvalue weighted by Gasteiger charge is 2.16. The van der Waals surface area contributed by atoms with E-state index in [1.807, 2.05) is 0 Å². The van der Waals surface area contributed by atoms with Crippen LogP contribution in [0.1, 0.15) is 78.1 Å². The first kappa shape index (κ1) is 17.4. The molecule has 0 radical (unpaired) electrons. The number of hydrogen-bond acceptors (Lipinski definition) is 2. The second-order valence-electron chi connectivity index (χ2n) is 6.92. The first-order valence-corrected chi connectivity index (χ1v) is 9.31. The molecule has 2 aliphatic heterocycles. The van der Waals surface area contributed by atoms with Gasteiger partial charge in [0, 0.05) is 37.6 Å². The van der Waals surface area contributed by atoms with E-state index >= 15 is 0 Å². The van der Waals surface area contributed by atoms with Crippen molar-refractivity contribution >= 4 is 0 Å². The van der Waals surface area contributed by atoms with Gasteiger partial charge in [-0.3, -0.25) is 0 Å². The lowest BCUT2D eigenvalue weighted by Gasteiger charge is -2.24. The average Bonchev–Trinajstić information content (AvgIpc) is 3.29. The van der Waals surface area contributed by atoms with Gasteiger partial charge in [-0.05, 0) is 70.6 Å². The van der Waals surface area contributed by atoms with E-state index in [1.54, 1.807) is 11.4 Å². The van der Waals surface area contributed by atoms with Crippen LogP contribution in [0.2, 0.25) is 0 Å². The van der Waals surface area contributed by atoms with Crippen molar-refractivity contribution in [2.45, 2.75) is 78.1 Å². The van der Waals surface area contributed by atoms with Gasteiger partial charge in [-0.2, -0.15) is 0 Å². The number of rotatable bonds is 2. The topological polar surface area (TPSA) is 6.48 Å². The van der Waals surface area contributed by atoms with Gasteiger partial charge in [-0.15, -0.1) is 0 Å². The summed E-state index contributed by atoms with van der Waals surface area (Å²) in [6, 6.07) is 0. The predicted octanol–water partition coefficient (Wildman–Crippen LogP) is 5.33. The molecule has 0 unspecified atom stereocenters. The fourth-order valence-electron chi connectivity index (χ4n) is 4.06. The Morgan fingerprint density at radius 1 is 0.545 bits per heavy atom. The van der Waals surface area contributed by atoms with E-state index in [2.05, 4.69) is 22.0 Å². The van der Waals surface area contributed by atoms with Gasteiger partial charge in [0.05, 0.1) is 0 Å². The Bertz CT molecular complexity index is 371. The lowest BCUT2D eigenvalue weighted by Crippen LogP contribution is -2.19. The Kier molecular flexibility index (Phi) is 7.35. The summed E-state index contributed by atoms with van der Waals surface area (Å²) < 4.78 is 0. The zero-order valence-electron chi connectivity index (χ0n) is 13.7. The van der Waals surface area contributed by atoms with E-state index in [4.69, 9.17) is 0 Å². The van der Waals surface area contributed by atoms with Gasteiger partial charge >= 0.3 is 0 Å². The highest BCUT2D eigenvalue weighted by atomic mass is 15.2. The van der Waals surface area contributed by atoms with Crippen molar-refractivity contribution in [1.29, 1.82) is 0 Å². The van der Waals surface area contributed by atoms with Gasteiger partial charge in [0.1, 0.15) is 0 Å². The quantitative estimate of drug-likeness (QED) is 0.680.